The predicted octanol–water partition coefficient (Wildman–Crippen LogP) is 3.68. The summed E-state index contributed by atoms with van der Waals surface area (Å²) < 4.78 is 16.7. The van der Waals surface area contributed by atoms with Gasteiger partial charge in [-0.05, 0) is 42.7 Å². The molecule has 0 bridgehead atoms. The third-order valence-corrected chi connectivity index (χ3v) is 7.42. The number of hydrogen-bond acceptors (Lipinski definition) is 5. The number of carbonyl (C=O) groups excluding carboxylic acids is 2. The van der Waals surface area contributed by atoms with E-state index in [0.29, 0.717) is 23.7 Å². The molecule has 2 amide bonds. The van der Waals surface area contributed by atoms with Crippen molar-refractivity contribution in [1.82, 2.24) is 14.8 Å². The van der Waals surface area contributed by atoms with Gasteiger partial charge in [0.2, 0.25) is 17.6 Å². The fourth-order valence-electron chi connectivity index (χ4n) is 5.49. The molecule has 2 aliphatic heterocycles. The molecular weight excluding hydrogens is 446 g/mol. The molecule has 8 heteroatoms. The van der Waals surface area contributed by atoms with Gasteiger partial charge in [-0.2, -0.15) is 0 Å². The van der Waals surface area contributed by atoms with E-state index in [1.54, 1.807) is 31.1 Å². The van der Waals surface area contributed by atoms with Gasteiger partial charge in [-0.15, -0.1) is 0 Å². The number of H-pyrrole nitrogens is 1. The molecule has 3 aromatic rings. The smallest absolute Gasteiger partial charge is 0.246 e. The van der Waals surface area contributed by atoms with Crippen molar-refractivity contribution in [3.05, 3.63) is 53.2 Å². The lowest BCUT2D eigenvalue weighted by atomic mass is 9.85. The van der Waals surface area contributed by atoms with Crippen LogP contribution in [0.15, 0.2) is 36.4 Å². The average molecular weight is 478 g/mol. The minimum absolute atomic E-state index is 0.00223. The number of piperazine rings is 1. The van der Waals surface area contributed by atoms with Crippen LogP contribution in [0.5, 0.6) is 17.2 Å². The van der Waals surface area contributed by atoms with Gasteiger partial charge in [0.05, 0.1) is 27.4 Å². The molecule has 2 aliphatic rings. The second-order valence-electron chi connectivity index (χ2n) is 9.17. The number of nitrogens with zero attached hydrogens (tertiary/aromatic N) is 2. The van der Waals surface area contributed by atoms with E-state index >= 15 is 0 Å². The van der Waals surface area contributed by atoms with Crippen LogP contribution in [0.3, 0.4) is 0 Å². The first-order valence-electron chi connectivity index (χ1n) is 11.9. The molecule has 35 heavy (non-hydrogen) atoms. The number of ether oxygens (including phenoxy) is 3. The van der Waals surface area contributed by atoms with Crippen molar-refractivity contribution in [3.63, 3.8) is 0 Å². The highest BCUT2D eigenvalue weighted by Gasteiger charge is 2.49. The van der Waals surface area contributed by atoms with E-state index in [2.05, 4.69) is 11.1 Å². The van der Waals surface area contributed by atoms with Crippen LogP contribution in [0, 0.1) is 0 Å². The molecule has 3 atom stereocenters. The normalized spacial score (nSPS) is 20.5. The maximum absolute atomic E-state index is 13.7. The number of methoxy groups -OCH3 is 3. The van der Waals surface area contributed by atoms with Crippen LogP contribution in [0.1, 0.15) is 43.1 Å². The number of aromatic amines is 1. The lowest BCUT2D eigenvalue weighted by Gasteiger charge is -2.48. The monoisotopic (exact) mass is 477 g/mol. The minimum atomic E-state index is -0.582. The number of hydrogen-bond donors (Lipinski definition) is 1. The number of nitrogens with one attached hydrogen (secondary N) is 1. The standard InChI is InChI=1S/C27H31N3O5/c1-6-15(2)29-14-23(31)30-20(27(29)32)13-18-17-9-7-8-10-19(17)28-24(18)25(30)16-11-21(33-3)26(35-5)22(12-16)34-4/h7-12,15,20,25,28H,6,13-14H2,1-5H3. The van der Waals surface area contributed by atoms with Crippen LogP contribution in [0.25, 0.3) is 10.9 Å². The number of carbonyl (C=O) groups is 2. The van der Waals surface area contributed by atoms with Gasteiger partial charge < -0.3 is 29.0 Å². The van der Waals surface area contributed by atoms with Crippen molar-refractivity contribution in [3.8, 4) is 17.2 Å². The molecule has 1 aromatic heterocycles. The van der Waals surface area contributed by atoms with Crippen molar-refractivity contribution < 1.29 is 23.8 Å². The van der Waals surface area contributed by atoms with Crippen molar-refractivity contribution in [1.29, 1.82) is 0 Å². The Labute approximate surface area is 204 Å². The van der Waals surface area contributed by atoms with Crippen LogP contribution >= 0.6 is 0 Å². The molecule has 184 valence electrons. The Balaban J connectivity index is 1.74. The summed E-state index contributed by atoms with van der Waals surface area (Å²) in [6.45, 7) is 4.10. The van der Waals surface area contributed by atoms with Crippen LogP contribution in [0.2, 0.25) is 0 Å². The molecular formula is C27H31N3O5. The van der Waals surface area contributed by atoms with E-state index in [0.717, 1.165) is 34.1 Å². The molecule has 0 radical (unpaired) electrons. The van der Waals surface area contributed by atoms with Crippen LogP contribution < -0.4 is 14.2 Å². The molecule has 8 nitrogen and oxygen atoms in total. The van der Waals surface area contributed by atoms with Gasteiger partial charge in [-0.1, -0.05) is 25.1 Å². The summed E-state index contributed by atoms with van der Waals surface area (Å²) in [7, 11) is 4.69. The lowest BCUT2D eigenvalue weighted by Crippen LogP contribution is -2.64. The number of aromatic nitrogens is 1. The van der Waals surface area contributed by atoms with Crippen molar-refractivity contribution >= 4 is 22.7 Å². The fourth-order valence-corrected chi connectivity index (χ4v) is 5.49. The van der Waals surface area contributed by atoms with Gasteiger partial charge in [0.1, 0.15) is 12.6 Å². The highest BCUT2D eigenvalue weighted by atomic mass is 16.5. The van der Waals surface area contributed by atoms with E-state index in [1.807, 2.05) is 44.2 Å². The zero-order chi connectivity index (χ0) is 24.9. The molecule has 3 heterocycles. The second kappa shape index (κ2) is 8.83. The first-order valence-corrected chi connectivity index (χ1v) is 11.9. The summed E-state index contributed by atoms with van der Waals surface area (Å²) in [4.78, 5) is 34.5. The van der Waals surface area contributed by atoms with E-state index in [4.69, 9.17) is 14.2 Å². The quantitative estimate of drug-likeness (QED) is 0.586. The van der Waals surface area contributed by atoms with E-state index in [1.165, 1.54) is 0 Å². The van der Waals surface area contributed by atoms with E-state index < -0.39 is 12.1 Å². The Bertz CT molecular complexity index is 1270. The summed E-state index contributed by atoms with van der Waals surface area (Å²) in [5.74, 6) is 1.40. The number of para-hydroxylation sites is 1. The first kappa shape index (κ1) is 23.1. The topological polar surface area (TPSA) is 84.1 Å². The highest BCUT2D eigenvalue weighted by molar-refractivity contribution is 5.98. The SMILES string of the molecule is CCC(C)N1CC(=O)N2C(Cc3c([nH]c4ccccc34)C2c2cc(OC)c(OC)c(OC)c2)C1=O. The van der Waals surface area contributed by atoms with Gasteiger partial charge in [0.15, 0.2) is 11.5 Å². The van der Waals surface area contributed by atoms with Gasteiger partial charge in [-0.25, -0.2) is 0 Å². The van der Waals surface area contributed by atoms with Crippen molar-refractivity contribution in [2.24, 2.45) is 0 Å². The number of amides is 2. The third kappa shape index (κ3) is 3.50. The summed E-state index contributed by atoms with van der Waals surface area (Å²) in [5, 5.41) is 1.07. The third-order valence-electron chi connectivity index (χ3n) is 7.42. The molecule has 1 N–H and O–H groups in total. The van der Waals surface area contributed by atoms with Gasteiger partial charge in [0.25, 0.3) is 0 Å². The lowest BCUT2D eigenvalue weighted by molar-refractivity contribution is -0.160. The van der Waals surface area contributed by atoms with Gasteiger partial charge in [0, 0.05) is 29.1 Å². The summed E-state index contributed by atoms with van der Waals surface area (Å²) in [5.41, 5.74) is 3.74. The van der Waals surface area contributed by atoms with Crippen molar-refractivity contribution in [2.75, 3.05) is 27.9 Å². The molecule has 5 rings (SSSR count). The molecule has 0 aliphatic carbocycles. The first-order chi connectivity index (χ1) is 16.9. The zero-order valence-electron chi connectivity index (χ0n) is 20.8. The van der Waals surface area contributed by atoms with Crippen molar-refractivity contribution in [2.45, 2.75) is 44.8 Å². The fraction of sp³-hybridized carbons (Fsp3) is 0.407. The number of fused-ring (bicyclic) bond motifs is 4. The van der Waals surface area contributed by atoms with Crippen LogP contribution in [-0.2, 0) is 16.0 Å². The molecule has 2 aromatic carbocycles. The summed E-state index contributed by atoms with van der Waals surface area (Å²) >= 11 is 0. The number of benzene rings is 2. The Morgan fingerprint density at radius 2 is 1.74 bits per heavy atom. The molecule has 0 spiro atoms. The summed E-state index contributed by atoms with van der Waals surface area (Å²) in [6, 6.07) is 10.7. The molecule has 0 saturated carbocycles. The average Bonchev–Trinajstić information content (AvgIpc) is 3.26. The predicted molar refractivity (Wildman–Crippen MR) is 132 cm³/mol. The van der Waals surface area contributed by atoms with E-state index in [9.17, 15) is 9.59 Å². The molecule has 1 saturated heterocycles. The number of rotatable bonds is 6. The Morgan fingerprint density at radius 1 is 1.06 bits per heavy atom. The second-order valence-corrected chi connectivity index (χ2v) is 9.17. The van der Waals surface area contributed by atoms with Gasteiger partial charge >= 0.3 is 0 Å². The van der Waals surface area contributed by atoms with Crippen LogP contribution in [0.4, 0.5) is 0 Å². The Kier molecular flexibility index (Phi) is 5.83. The largest absolute Gasteiger partial charge is 0.493 e. The molecule has 1 fully saturated rings. The highest BCUT2D eigenvalue weighted by Crippen LogP contribution is 2.47. The Hall–Kier alpha value is -3.68. The maximum Gasteiger partial charge on any atom is 0.246 e. The summed E-state index contributed by atoms with van der Waals surface area (Å²) in [6.07, 6.45) is 1.26. The van der Waals surface area contributed by atoms with Crippen LogP contribution in [-0.4, -0.2) is 66.6 Å². The zero-order valence-corrected chi connectivity index (χ0v) is 20.8. The van der Waals surface area contributed by atoms with Gasteiger partial charge in [-0.3, -0.25) is 9.59 Å². The Morgan fingerprint density at radius 3 is 2.37 bits per heavy atom. The van der Waals surface area contributed by atoms with E-state index in [-0.39, 0.29) is 24.4 Å². The molecule has 3 unspecified atom stereocenters. The maximum atomic E-state index is 13.7. The minimum Gasteiger partial charge on any atom is -0.493 e.